The van der Waals surface area contributed by atoms with Crippen LogP contribution < -0.4 is 5.32 Å². The van der Waals surface area contributed by atoms with E-state index >= 15 is 0 Å². The van der Waals surface area contributed by atoms with Gasteiger partial charge in [0, 0.05) is 10.6 Å². The zero-order chi connectivity index (χ0) is 17.6. The number of rotatable bonds is 3. The van der Waals surface area contributed by atoms with Crippen molar-refractivity contribution in [2.75, 3.05) is 5.32 Å². The third kappa shape index (κ3) is 2.87. The predicted octanol–water partition coefficient (Wildman–Crippen LogP) is 4.63. The van der Waals surface area contributed by atoms with Gasteiger partial charge in [-0.3, -0.25) is 0 Å². The summed E-state index contributed by atoms with van der Waals surface area (Å²) in [5.41, 5.74) is 3.39. The highest BCUT2D eigenvalue weighted by molar-refractivity contribution is 7.19. The Kier molecular flexibility index (Phi) is 3.92. The smallest absolute Gasteiger partial charge is 0.335 e. The van der Waals surface area contributed by atoms with Crippen LogP contribution in [-0.4, -0.2) is 21.0 Å². The highest BCUT2D eigenvalue weighted by Gasteiger charge is 2.21. The van der Waals surface area contributed by atoms with Crippen LogP contribution >= 0.6 is 11.3 Å². The molecule has 0 spiro atoms. The van der Waals surface area contributed by atoms with Crippen molar-refractivity contribution >= 4 is 39.0 Å². The van der Waals surface area contributed by atoms with Crippen molar-refractivity contribution in [1.82, 2.24) is 9.97 Å². The lowest BCUT2D eigenvalue weighted by Crippen LogP contribution is -2.04. The van der Waals surface area contributed by atoms with Gasteiger partial charge >= 0.3 is 5.97 Å². The van der Waals surface area contributed by atoms with E-state index in [1.54, 1.807) is 23.5 Å². The summed E-state index contributed by atoms with van der Waals surface area (Å²) in [7, 11) is 0. The number of carbonyl (C=O) groups is 1. The topological polar surface area (TPSA) is 75.1 Å². The maximum Gasteiger partial charge on any atom is 0.335 e. The minimum absolute atomic E-state index is 0.266. The van der Waals surface area contributed by atoms with E-state index in [0.29, 0.717) is 0 Å². The summed E-state index contributed by atoms with van der Waals surface area (Å²) in [5.74, 6) is 0.577. The molecule has 128 valence electrons. The van der Waals surface area contributed by atoms with Gasteiger partial charge in [-0.1, -0.05) is 6.07 Å². The summed E-state index contributed by atoms with van der Waals surface area (Å²) >= 11 is 1.77. The van der Waals surface area contributed by atoms with E-state index in [9.17, 15) is 9.90 Å². The molecule has 1 aliphatic rings. The molecule has 0 atom stereocenters. The summed E-state index contributed by atoms with van der Waals surface area (Å²) in [6, 6.07) is 5.11. The number of hydrogen-bond acceptors (Lipinski definition) is 5. The summed E-state index contributed by atoms with van der Waals surface area (Å²) in [6.45, 7) is 3.85. The molecule has 5 nitrogen and oxygen atoms in total. The van der Waals surface area contributed by atoms with Crippen LogP contribution in [0.2, 0.25) is 0 Å². The van der Waals surface area contributed by atoms with E-state index in [1.165, 1.54) is 23.3 Å². The molecule has 0 aliphatic heterocycles. The highest BCUT2D eigenvalue weighted by Crippen LogP contribution is 2.39. The minimum Gasteiger partial charge on any atom is -0.478 e. The molecule has 0 bridgehead atoms. The Balaban J connectivity index is 1.86. The molecule has 3 aromatic rings. The molecule has 0 amide bonds. The lowest BCUT2D eigenvalue weighted by Gasteiger charge is -2.14. The lowest BCUT2D eigenvalue weighted by atomic mass is 9.97. The fourth-order valence-electron chi connectivity index (χ4n) is 3.37. The fourth-order valence-corrected chi connectivity index (χ4v) is 4.68. The van der Waals surface area contributed by atoms with Crippen molar-refractivity contribution < 1.29 is 9.90 Å². The van der Waals surface area contributed by atoms with Gasteiger partial charge in [-0.15, -0.1) is 11.3 Å². The Hall–Kier alpha value is -2.47. The molecule has 1 aliphatic carbocycles. The number of aromatic nitrogens is 2. The van der Waals surface area contributed by atoms with Gasteiger partial charge in [0.15, 0.2) is 0 Å². The Bertz CT molecular complexity index is 994. The molecule has 2 N–H and O–H groups in total. The van der Waals surface area contributed by atoms with Gasteiger partial charge in [0.05, 0.1) is 10.9 Å². The van der Waals surface area contributed by atoms with Crippen LogP contribution in [0.4, 0.5) is 11.5 Å². The zero-order valence-corrected chi connectivity index (χ0v) is 15.0. The highest BCUT2D eigenvalue weighted by atomic mass is 32.1. The van der Waals surface area contributed by atoms with E-state index in [0.717, 1.165) is 46.0 Å². The molecule has 2 heterocycles. The quantitative estimate of drug-likeness (QED) is 0.718. The number of carboxylic acids is 1. The Morgan fingerprint density at radius 2 is 2.00 bits per heavy atom. The average molecular weight is 353 g/mol. The lowest BCUT2D eigenvalue weighted by molar-refractivity contribution is 0.0697. The molecule has 0 unspecified atom stereocenters. The fraction of sp³-hybridized carbons (Fsp3) is 0.316. The molecule has 4 rings (SSSR count). The van der Waals surface area contributed by atoms with Crippen molar-refractivity contribution in [2.45, 2.75) is 39.5 Å². The normalized spacial score (nSPS) is 13.7. The Morgan fingerprint density at radius 3 is 2.80 bits per heavy atom. The number of fused-ring (bicyclic) bond motifs is 3. The summed E-state index contributed by atoms with van der Waals surface area (Å²) in [5, 5.41) is 13.7. The van der Waals surface area contributed by atoms with Crippen molar-refractivity contribution in [2.24, 2.45) is 0 Å². The van der Waals surface area contributed by atoms with Crippen LogP contribution in [0.25, 0.3) is 10.2 Å². The van der Waals surface area contributed by atoms with Crippen molar-refractivity contribution in [1.29, 1.82) is 0 Å². The number of carboxylic acid groups (broad SMARTS) is 1. The molecule has 25 heavy (non-hydrogen) atoms. The van der Waals surface area contributed by atoms with Gasteiger partial charge in [-0.25, -0.2) is 14.8 Å². The van der Waals surface area contributed by atoms with Gasteiger partial charge in [-0.05, 0) is 62.8 Å². The second-order valence-electron chi connectivity index (χ2n) is 6.47. The molecular weight excluding hydrogens is 334 g/mol. The number of anilines is 2. The van der Waals surface area contributed by atoms with Crippen molar-refractivity contribution in [3.05, 3.63) is 45.6 Å². The maximum atomic E-state index is 11.3. The molecule has 0 radical (unpaired) electrons. The largest absolute Gasteiger partial charge is 0.478 e. The van der Waals surface area contributed by atoms with E-state index in [-0.39, 0.29) is 5.56 Å². The first-order valence-corrected chi connectivity index (χ1v) is 9.24. The number of aromatic carboxylic acids is 1. The van der Waals surface area contributed by atoms with Gasteiger partial charge in [-0.2, -0.15) is 0 Å². The van der Waals surface area contributed by atoms with Crippen LogP contribution in [0.1, 0.15) is 45.0 Å². The van der Waals surface area contributed by atoms with Crippen LogP contribution in [-0.2, 0) is 12.8 Å². The third-order valence-corrected chi connectivity index (χ3v) is 5.85. The zero-order valence-electron chi connectivity index (χ0n) is 14.2. The first-order valence-electron chi connectivity index (χ1n) is 8.43. The Labute approximate surface area is 149 Å². The summed E-state index contributed by atoms with van der Waals surface area (Å²) in [6.07, 6.45) is 4.60. The predicted molar refractivity (Wildman–Crippen MR) is 100 cm³/mol. The van der Waals surface area contributed by atoms with E-state index in [2.05, 4.69) is 15.3 Å². The first kappa shape index (κ1) is 16.0. The molecule has 0 fully saturated rings. The van der Waals surface area contributed by atoms with Crippen LogP contribution in [0.15, 0.2) is 18.2 Å². The molecule has 1 aromatic carbocycles. The maximum absolute atomic E-state index is 11.3. The average Bonchev–Trinajstić information content (AvgIpc) is 2.94. The van der Waals surface area contributed by atoms with Gasteiger partial charge in [0.25, 0.3) is 0 Å². The van der Waals surface area contributed by atoms with Crippen LogP contribution in [0, 0.1) is 13.8 Å². The number of thiophene rings is 1. The molecule has 6 heteroatoms. The number of benzene rings is 1. The van der Waals surface area contributed by atoms with E-state index in [4.69, 9.17) is 0 Å². The van der Waals surface area contributed by atoms with Crippen molar-refractivity contribution in [3.8, 4) is 0 Å². The van der Waals surface area contributed by atoms with Crippen LogP contribution in [0.3, 0.4) is 0 Å². The van der Waals surface area contributed by atoms with Gasteiger partial charge in [0.1, 0.15) is 16.5 Å². The number of hydrogen-bond donors (Lipinski definition) is 2. The van der Waals surface area contributed by atoms with E-state index in [1.807, 2.05) is 19.9 Å². The second-order valence-corrected chi connectivity index (χ2v) is 7.55. The summed E-state index contributed by atoms with van der Waals surface area (Å²) < 4.78 is 0. The third-order valence-electron chi connectivity index (χ3n) is 4.66. The molecule has 2 aromatic heterocycles. The summed E-state index contributed by atoms with van der Waals surface area (Å²) in [4.78, 5) is 23.0. The number of nitrogens with zero attached hydrogens (tertiary/aromatic N) is 2. The van der Waals surface area contributed by atoms with E-state index < -0.39 is 5.97 Å². The van der Waals surface area contributed by atoms with Crippen molar-refractivity contribution in [3.63, 3.8) is 0 Å². The second kappa shape index (κ2) is 6.11. The number of nitrogens with one attached hydrogen (secondary N) is 1. The SMILES string of the molecule is Cc1nc(Nc2cc(C(=O)O)ccc2C)c2c3c(sc2n1)CCCC3. The standard InChI is InChI=1S/C19H19N3O2S/c1-10-7-8-12(19(23)24)9-14(10)22-17-16-13-5-3-4-6-15(13)25-18(16)21-11(2)20-17/h7-9H,3-6H2,1-2H3,(H,23,24)(H,20,21,22). The number of aryl methyl sites for hydroxylation is 4. The van der Waals surface area contributed by atoms with Gasteiger partial charge in [0.2, 0.25) is 0 Å². The molecular formula is C19H19N3O2S. The van der Waals surface area contributed by atoms with Gasteiger partial charge < -0.3 is 10.4 Å². The monoisotopic (exact) mass is 353 g/mol. The minimum atomic E-state index is -0.931. The molecule has 0 saturated carbocycles. The Morgan fingerprint density at radius 1 is 1.20 bits per heavy atom. The first-order chi connectivity index (χ1) is 12.0. The molecule has 0 saturated heterocycles. The van der Waals surface area contributed by atoms with Crippen LogP contribution in [0.5, 0.6) is 0 Å².